The van der Waals surface area contributed by atoms with E-state index in [4.69, 9.17) is 0 Å². The Bertz CT molecular complexity index is 561. The van der Waals surface area contributed by atoms with Crippen molar-refractivity contribution in [3.05, 3.63) is 71.8 Å². The molecule has 1 aromatic carbocycles. The Morgan fingerprint density at radius 1 is 1.23 bits per heavy atom. The highest BCUT2D eigenvalue weighted by Crippen LogP contribution is 2.51. The largest absolute Gasteiger partial charge is 0.0847 e. The summed E-state index contributed by atoms with van der Waals surface area (Å²) in [7, 11) is 0. The quantitative estimate of drug-likeness (QED) is 0.409. The molecule has 0 saturated heterocycles. The van der Waals surface area contributed by atoms with Gasteiger partial charge in [-0.3, -0.25) is 0 Å². The van der Waals surface area contributed by atoms with Crippen molar-refractivity contribution in [1.82, 2.24) is 0 Å². The van der Waals surface area contributed by atoms with Gasteiger partial charge in [0.2, 0.25) is 0 Å². The van der Waals surface area contributed by atoms with Gasteiger partial charge in [0.05, 0.1) is 0 Å². The second-order valence-corrected chi connectivity index (χ2v) is 6.93. The maximum atomic E-state index is 2.47. The molecule has 0 nitrogen and oxygen atoms in total. The highest BCUT2D eigenvalue weighted by Gasteiger charge is 2.44. The lowest BCUT2D eigenvalue weighted by Crippen LogP contribution is -2.41. The highest BCUT2D eigenvalue weighted by molar-refractivity contribution is 5.41. The van der Waals surface area contributed by atoms with Gasteiger partial charge in [-0.15, -0.1) is 0 Å². The maximum absolute atomic E-state index is 2.47. The topological polar surface area (TPSA) is 0 Å². The van der Waals surface area contributed by atoms with Gasteiger partial charge in [0.15, 0.2) is 0 Å². The van der Waals surface area contributed by atoms with Crippen molar-refractivity contribution in [3.63, 3.8) is 0 Å². The van der Waals surface area contributed by atoms with Crippen LogP contribution >= 0.6 is 0 Å². The van der Waals surface area contributed by atoms with Crippen LogP contribution < -0.4 is 0 Å². The summed E-state index contributed by atoms with van der Waals surface area (Å²) >= 11 is 0. The minimum absolute atomic E-state index is 0.0310. The molecule has 0 saturated carbocycles. The Hall–Kier alpha value is -1.56. The van der Waals surface area contributed by atoms with E-state index in [0.29, 0.717) is 0 Å². The Labute approximate surface area is 136 Å². The van der Waals surface area contributed by atoms with E-state index in [1.165, 1.54) is 30.4 Å². The molecule has 1 aliphatic carbocycles. The molecule has 0 fully saturated rings. The first-order valence-electron chi connectivity index (χ1n) is 8.62. The van der Waals surface area contributed by atoms with Crippen LogP contribution in [0.1, 0.15) is 58.9 Å². The number of benzene rings is 1. The van der Waals surface area contributed by atoms with Crippen molar-refractivity contribution >= 4 is 0 Å². The summed E-state index contributed by atoms with van der Waals surface area (Å²) in [5.74, 6) is 0. The van der Waals surface area contributed by atoms with Gasteiger partial charge < -0.3 is 0 Å². The lowest BCUT2D eigenvalue weighted by atomic mass is 9.56. The second kappa shape index (κ2) is 7.13. The summed E-state index contributed by atoms with van der Waals surface area (Å²) in [4.78, 5) is 0. The van der Waals surface area contributed by atoms with Crippen LogP contribution in [0.5, 0.6) is 0 Å². The van der Waals surface area contributed by atoms with E-state index in [9.17, 15) is 0 Å². The molecule has 2 unspecified atom stereocenters. The van der Waals surface area contributed by atoms with Crippen LogP contribution in [0, 0.1) is 5.41 Å². The van der Waals surface area contributed by atoms with Gasteiger partial charge in [-0.1, -0.05) is 99.9 Å². The lowest BCUT2D eigenvalue weighted by molar-refractivity contribution is 0.258. The fraction of sp³-hybridized carbons (Fsp3) is 0.455. The average molecular weight is 294 g/mol. The van der Waals surface area contributed by atoms with Crippen molar-refractivity contribution in [1.29, 1.82) is 0 Å². The summed E-state index contributed by atoms with van der Waals surface area (Å²) in [6.45, 7) is 9.40. The van der Waals surface area contributed by atoms with Crippen LogP contribution in [0.25, 0.3) is 0 Å². The first-order chi connectivity index (χ1) is 10.5. The smallest absolute Gasteiger partial charge is 0.0222 e. The molecule has 0 heteroatoms. The summed E-state index contributed by atoms with van der Waals surface area (Å²) in [5, 5.41) is 0. The molecule has 0 amide bonds. The van der Waals surface area contributed by atoms with Gasteiger partial charge in [-0.05, 0) is 25.3 Å². The first-order valence-corrected chi connectivity index (χ1v) is 8.62. The van der Waals surface area contributed by atoms with E-state index >= 15 is 0 Å². The molecular formula is C22H30. The van der Waals surface area contributed by atoms with Crippen LogP contribution in [-0.2, 0) is 5.41 Å². The van der Waals surface area contributed by atoms with E-state index in [0.717, 1.165) is 6.42 Å². The minimum atomic E-state index is 0.0310. The van der Waals surface area contributed by atoms with Gasteiger partial charge in [-0.2, -0.15) is 0 Å². The van der Waals surface area contributed by atoms with Gasteiger partial charge in [0.1, 0.15) is 0 Å². The molecule has 118 valence electrons. The van der Waals surface area contributed by atoms with Crippen molar-refractivity contribution in [2.24, 2.45) is 5.41 Å². The monoisotopic (exact) mass is 294 g/mol. The standard InChI is InChI=1S/C22H30/c1-5-6-9-14-19(2)22(4,20-15-10-7-11-16-20)21(3)17-12-8-13-18-21/h7-8,10-17H,5-6,9,18H2,1-4H3/b19-14+. The molecule has 0 bridgehead atoms. The normalized spacial score (nSPS) is 24.3. The van der Waals surface area contributed by atoms with Crippen LogP contribution in [-0.4, -0.2) is 0 Å². The molecule has 0 radical (unpaired) electrons. The van der Waals surface area contributed by atoms with Crippen LogP contribution in [0.15, 0.2) is 66.3 Å². The van der Waals surface area contributed by atoms with E-state index in [-0.39, 0.29) is 10.8 Å². The van der Waals surface area contributed by atoms with Crippen LogP contribution in [0.4, 0.5) is 0 Å². The zero-order valence-electron chi connectivity index (χ0n) is 14.6. The van der Waals surface area contributed by atoms with Crippen LogP contribution in [0.2, 0.25) is 0 Å². The van der Waals surface area contributed by atoms with E-state index in [1.807, 2.05) is 0 Å². The molecule has 0 spiro atoms. The predicted octanol–water partition coefficient (Wildman–Crippen LogP) is 6.60. The van der Waals surface area contributed by atoms with E-state index in [1.54, 1.807) is 0 Å². The predicted molar refractivity (Wildman–Crippen MR) is 98.1 cm³/mol. The van der Waals surface area contributed by atoms with Gasteiger partial charge in [-0.25, -0.2) is 0 Å². The Balaban J connectivity index is 2.47. The first kappa shape index (κ1) is 16.8. The van der Waals surface area contributed by atoms with Gasteiger partial charge >= 0.3 is 0 Å². The summed E-state index contributed by atoms with van der Waals surface area (Å²) in [6, 6.07) is 11.0. The lowest BCUT2D eigenvalue weighted by Gasteiger charge is -2.47. The van der Waals surface area contributed by atoms with Crippen molar-refractivity contribution in [2.75, 3.05) is 0 Å². The summed E-state index contributed by atoms with van der Waals surface area (Å²) in [5.41, 5.74) is 3.07. The fourth-order valence-corrected chi connectivity index (χ4v) is 3.60. The Kier molecular flexibility index (Phi) is 5.45. The molecule has 0 aliphatic heterocycles. The molecule has 1 aromatic rings. The summed E-state index contributed by atoms with van der Waals surface area (Å²) in [6.07, 6.45) is 16.4. The molecule has 22 heavy (non-hydrogen) atoms. The number of hydrogen-bond donors (Lipinski definition) is 0. The second-order valence-electron chi connectivity index (χ2n) is 6.93. The number of allylic oxidation sites excluding steroid dienone is 6. The SMILES string of the molecule is CCCC/C=C(\C)C(C)(c1ccccc1)C1(C)C=CC=CC1. The number of hydrogen-bond acceptors (Lipinski definition) is 0. The average Bonchev–Trinajstić information content (AvgIpc) is 2.55. The molecule has 2 atom stereocenters. The molecule has 2 rings (SSSR count). The third kappa shape index (κ3) is 3.11. The minimum Gasteiger partial charge on any atom is -0.0847 e. The fourth-order valence-electron chi connectivity index (χ4n) is 3.60. The van der Waals surface area contributed by atoms with Crippen molar-refractivity contribution in [3.8, 4) is 0 Å². The molecule has 0 aromatic heterocycles. The number of unbranched alkanes of at least 4 members (excludes halogenated alkanes) is 2. The van der Waals surface area contributed by atoms with E-state index in [2.05, 4.69) is 88.4 Å². The van der Waals surface area contributed by atoms with Gasteiger partial charge in [0.25, 0.3) is 0 Å². The molecule has 0 heterocycles. The maximum Gasteiger partial charge on any atom is 0.0222 e. The highest BCUT2D eigenvalue weighted by atomic mass is 14.5. The third-order valence-corrected chi connectivity index (χ3v) is 5.54. The van der Waals surface area contributed by atoms with Gasteiger partial charge in [0, 0.05) is 10.8 Å². The molecule has 1 aliphatic rings. The van der Waals surface area contributed by atoms with Crippen molar-refractivity contribution < 1.29 is 0 Å². The molecular weight excluding hydrogens is 264 g/mol. The Morgan fingerprint density at radius 3 is 2.55 bits per heavy atom. The van der Waals surface area contributed by atoms with Crippen molar-refractivity contribution in [2.45, 2.75) is 58.8 Å². The van der Waals surface area contributed by atoms with E-state index < -0.39 is 0 Å². The zero-order valence-corrected chi connectivity index (χ0v) is 14.6. The molecule has 0 N–H and O–H groups in total. The summed E-state index contributed by atoms with van der Waals surface area (Å²) < 4.78 is 0. The van der Waals surface area contributed by atoms with Crippen LogP contribution in [0.3, 0.4) is 0 Å². The number of rotatable bonds is 6. The Morgan fingerprint density at radius 2 is 1.95 bits per heavy atom. The third-order valence-electron chi connectivity index (χ3n) is 5.54. The zero-order chi connectivity index (χ0) is 16.1.